The Morgan fingerprint density at radius 1 is 1.30 bits per heavy atom. The summed E-state index contributed by atoms with van der Waals surface area (Å²) in [5, 5.41) is 3.49. The van der Waals surface area contributed by atoms with Gasteiger partial charge in [0, 0.05) is 44.6 Å². The Hall–Kier alpha value is -1.62. The molecule has 1 aromatic heterocycles. The first-order valence-electron chi connectivity index (χ1n) is 7.93. The number of halogens is 1. The van der Waals surface area contributed by atoms with E-state index in [4.69, 9.17) is 4.74 Å². The highest BCUT2D eigenvalue weighted by molar-refractivity contribution is 5.85. The second kappa shape index (κ2) is 8.87. The summed E-state index contributed by atoms with van der Waals surface area (Å²) in [6.07, 6.45) is 3.80. The van der Waals surface area contributed by atoms with E-state index < -0.39 is 0 Å². The minimum atomic E-state index is 0. The average Bonchev–Trinajstić information content (AvgIpc) is 2.57. The van der Waals surface area contributed by atoms with E-state index in [2.05, 4.69) is 39.5 Å². The Balaban J connectivity index is 0.00000192. The van der Waals surface area contributed by atoms with Gasteiger partial charge in [-0.15, -0.1) is 12.4 Å². The maximum Gasteiger partial charge on any atom is 0.119 e. The summed E-state index contributed by atoms with van der Waals surface area (Å²) in [7, 11) is 0. The van der Waals surface area contributed by atoms with Crippen molar-refractivity contribution < 1.29 is 4.74 Å². The lowest BCUT2D eigenvalue weighted by molar-refractivity contribution is 0.153. The molecule has 1 saturated heterocycles. The van der Waals surface area contributed by atoms with Crippen molar-refractivity contribution in [3.8, 4) is 5.75 Å². The fourth-order valence-corrected chi connectivity index (χ4v) is 2.97. The Bertz CT molecular complexity index is 594. The zero-order chi connectivity index (χ0) is 15.2. The molecular weight excluding hydrogens is 310 g/mol. The van der Waals surface area contributed by atoms with Gasteiger partial charge in [-0.3, -0.25) is 9.88 Å². The molecule has 2 heterocycles. The van der Waals surface area contributed by atoms with Crippen molar-refractivity contribution in [3.63, 3.8) is 0 Å². The maximum atomic E-state index is 5.61. The van der Waals surface area contributed by atoms with Crippen LogP contribution in [0.5, 0.6) is 5.75 Å². The van der Waals surface area contributed by atoms with Crippen LogP contribution in [0.25, 0.3) is 0 Å². The highest BCUT2D eigenvalue weighted by Crippen LogP contribution is 2.24. The van der Waals surface area contributed by atoms with Gasteiger partial charge in [0.25, 0.3) is 0 Å². The Labute approximate surface area is 144 Å². The van der Waals surface area contributed by atoms with E-state index in [1.54, 1.807) is 0 Å². The maximum absolute atomic E-state index is 5.61. The predicted molar refractivity (Wildman–Crippen MR) is 95.1 cm³/mol. The fraction of sp³-hybridized carbons (Fsp3) is 0.389. The second-order valence-electron chi connectivity index (χ2n) is 5.56. The minimum Gasteiger partial charge on any atom is -0.494 e. The number of rotatable bonds is 5. The highest BCUT2D eigenvalue weighted by atomic mass is 35.5. The summed E-state index contributed by atoms with van der Waals surface area (Å²) in [6.45, 7) is 6.69. The number of hydrogen-bond acceptors (Lipinski definition) is 4. The van der Waals surface area contributed by atoms with Gasteiger partial charge in [-0.2, -0.15) is 0 Å². The van der Waals surface area contributed by atoms with E-state index in [-0.39, 0.29) is 12.4 Å². The summed E-state index contributed by atoms with van der Waals surface area (Å²) in [5.74, 6) is 0.952. The third-order valence-corrected chi connectivity index (χ3v) is 4.02. The zero-order valence-corrected chi connectivity index (χ0v) is 14.3. The molecule has 2 aromatic rings. The Kier molecular flexibility index (Phi) is 6.84. The molecule has 1 unspecified atom stereocenters. The van der Waals surface area contributed by atoms with Crippen LogP contribution in [-0.2, 0) is 6.54 Å². The molecule has 1 aliphatic rings. The van der Waals surface area contributed by atoms with E-state index in [1.807, 2.05) is 31.5 Å². The molecule has 1 atom stereocenters. The molecule has 0 amide bonds. The van der Waals surface area contributed by atoms with Gasteiger partial charge in [0.15, 0.2) is 0 Å². The summed E-state index contributed by atoms with van der Waals surface area (Å²) in [5.41, 5.74) is 2.57. The lowest BCUT2D eigenvalue weighted by Gasteiger charge is -2.36. The largest absolute Gasteiger partial charge is 0.494 e. The first-order valence-corrected chi connectivity index (χ1v) is 7.93. The molecule has 1 aromatic carbocycles. The Morgan fingerprint density at radius 2 is 2.22 bits per heavy atom. The molecule has 0 aliphatic carbocycles. The van der Waals surface area contributed by atoms with Gasteiger partial charge < -0.3 is 10.1 Å². The summed E-state index contributed by atoms with van der Waals surface area (Å²) in [4.78, 5) is 6.78. The molecule has 124 valence electrons. The number of aromatic nitrogens is 1. The SMILES string of the molecule is CCOc1cccc(CN2CCNCC2c2cccnc2)c1.Cl. The van der Waals surface area contributed by atoms with Gasteiger partial charge >= 0.3 is 0 Å². The van der Waals surface area contributed by atoms with E-state index in [0.717, 1.165) is 31.9 Å². The molecule has 0 radical (unpaired) electrons. The monoisotopic (exact) mass is 333 g/mol. The first-order chi connectivity index (χ1) is 10.9. The number of hydrogen-bond donors (Lipinski definition) is 1. The van der Waals surface area contributed by atoms with Crippen LogP contribution >= 0.6 is 12.4 Å². The van der Waals surface area contributed by atoms with Crippen LogP contribution in [0.4, 0.5) is 0 Å². The predicted octanol–water partition coefficient (Wildman–Crippen LogP) is 3.05. The van der Waals surface area contributed by atoms with E-state index in [1.165, 1.54) is 11.1 Å². The first kappa shape index (κ1) is 17.7. The minimum absolute atomic E-state index is 0. The van der Waals surface area contributed by atoms with Crippen LogP contribution < -0.4 is 10.1 Å². The van der Waals surface area contributed by atoms with E-state index in [0.29, 0.717) is 12.6 Å². The van der Waals surface area contributed by atoms with Crippen molar-refractivity contribution in [2.45, 2.75) is 19.5 Å². The standard InChI is InChI=1S/C18H23N3O.ClH/c1-2-22-17-7-3-5-15(11-17)14-21-10-9-20-13-18(21)16-6-4-8-19-12-16;/h3-8,11-12,18,20H,2,9-10,13-14H2,1H3;1H. The van der Waals surface area contributed by atoms with E-state index >= 15 is 0 Å². The zero-order valence-electron chi connectivity index (χ0n) is 13.4. The van der Waals surface area contributed by atoms with Crippen LogP contribution in [0.3, 0.4) is 0 Å². The van der Waals surface area contributed by atoms with E-state index in [9.17, 15) is 0 Å². The number of nitrogens with one attached hydrogen (secondary N) is 1. The molecule has 23 heavy (non-hydrogen) atoms. The molecule has 1 N–H and O–H groups in total. The molecule has 5 heteroatoms. The molecule has 1 aliphatic heterocycles. The number of piperazine rings is 1. The number of benzene rings is 1. The van der Waals surface area contributed by atoms with Gasteiger partial charge in [0.05, 0.1) is 6.61 Å². The lowest BCUT2D eigenvalue weighted by atomic mass is 10.0. The van der Waals surface area contributed by atoms with Crippen molar-refractivity contribution in [2.75, 3.05) is 26.2 Å². The van der Waals surface area contributed by atoms with Crippen molar-refractivity contribution in [3.05, 3.63) is 59.9 Å². The van der Waals surface area contributed by atoms with Crippen molar-refractivity contribution in [2.24, 2.45) is 0 Å². The average molecular weight is 334 g/mol. The third-order valence-electron chi connectivity index (χ3n) is 4.02. The number of nitrogens with zero attached hydrogens (tertiary/aromatic N) is 2. The number of pyridine rings is 1. The van der Waals surface area contributed by atoms with Crippen molar-refractivity contribution >= 4 is 12.4 Å². The smallest absolute Gasteiger partial charge is 0.119 e. The van der Waals surface area contributed by atoms with Crippen LogP contribution in [-0.4, -0.2) is 36.1 Å². The normalized spacial score (nSPS) is 18.2. The van der Waals surface area contributed by atoms with Crippen LogP contribution in [0.2, 0.25) is 0 Å². The van der Waals surface area contributed by atoms with Gasteiger partial charge in [-0.25, -0.2) is 0 Å². The molecule has 0 saturated carbocycles. The van der Waals surface area contributed by atoms with Crippen LogP contribution in [0.1, 0.15) is 24.1 Å². The Morgan fingerprint density at radius 3 is 3.00 bits per heavy atom. The van der Waals surface area contributed by atoms with Crippen LogP contribution in [0.15, 0.2) is 48.8 Å². The van der Waals surface area contributed by atoms with Crippen LogP contribution in [0, 0.1) is 0 Å². The molecule has 0 bridgehead atoms. The van der Waals surface area contributed by atoms with Crippen molar-refractivity contribution in [1.29, 1.82) is 0 Å². The molecule has 4 nitrogen and oxygen atoms in total. The highest BCUT2D eigenvalue weighted by Gasteiger charge is 2.23. The van der Waals surface area contributed by atoms with Crippen molar-refractivity contribution in [1.82, 2.24) is 15.2 Å². The van der Waals surface area contributed by atoms with Gasteiger partial charge in [0.1, 0.15) is 5.75 Å². The number of ether oxygens (including phenoxy) is 1. The quantitative estimate of drug-likeness (QED) is 0.912. The van der Waals surface area contributed by atoms with Gasteiger partial charge in [0.2, 0.25) is 0 Å². The summed E-state index contributed by atoms with van der Waals surface area (Å²) in [6, 6.07) is 13.0. The molecule has 3 rings (SSSR count). The summed E-state index contributed by atoms with van der Waals surface area (Å²) >= 11 is 0. The van der Waals surface area contributed by atoms with Gasteiger partial charge in [-0.1, -0.05) is 18.2 Å². The summed E-state index contributed by atoms with van der Waals surface area (Å²) < 4.78 is 5.61. The molecular formula is C18H24ClN3O. The lowest BCUT2D eigenvalue weighted by Crippen LogP contribution is -2.45. The second-order valence-corrected chi connectivity index (χ2v) is 5.56. The fourth-order valence-electron chi connectivity index (χ4n) is 2.97. The topological polar surface area (TPSA) is 37.4 Å². The third kappa shape index (κ3) is 4.67. The molecule has 0 spiro atoms. The van der Waals surface area contributed by atoms with Gasteiger partial charge in [-0.05, 0) is 36.2 Å². The molecule has 1 fully saturated rings.